The van der Waals surface area contributed by atoms with Gasteiger partial charge in [0, 0.05) is 39.3 Å². The number of hydrogen-bond donors (Lipinski definition) is 1. The number of aryl methyl sites for hydroxylation is 1. The van der Waals surface area contributed by atoms with Crippen molar-refractivity contribution < 1.29 is 9.47 Å². The Balaban J connectivity index is 1.87. The minimum Gasteiger partial charge on any atom is -0.495 e. The van der Waals surface area contributed by atoms with E-state index >= 15 is 0 Å². The topological polar surface area (TPSA) is 92.3 Å². The number of anilines is 1. The molecule has 2 heterocycles. The van der Waals surface area contributed by atoms with Gasteiger partial charge in [-0.25, -0.2) is 9.78 Å². The molecular weight excluding hydrogens is 374 g/mol. The second kappa shape index (κ2) is 7.36. The summed E-state index contributed by atoms with van der Waals surface area (Å²) in [5, 5.41) is 3.69. The summed E-state index contributed by atoms with van der Waals surface area (Å²) >= 11 is 6.11. The quantitative estimate of drug-likeness (QED) is 0.677. The van der Waals surface area contributed by atoms with Crippen LogP contribution in [0.2, 0.25) is 5.02 Å². The van der Waals surface area contributed by atoms with Crippen LogP contribution in [0.15, 0.2) is 28.0 Å². The van der Waals surface area contributed by atoms with E-state index < -0.39 is 5.69 Å². The van der Waals surface area contributed by atoms with E-state index in [4.69, 9.17) is 21.1 Å². The average Bonchev–Trinajstić information content (AvgIpc) is 3.09. The van der Waals surface area contributed by atoms with Gasteiger partial charge in [-0.15, -0.1) is 0 Å². The summed E-state index contributed by atoms with van der Waals surface area (Å²) in [6.45, 7) is 0.941. The van der Waals surface area contributed by atoms with E-state index in [1.165, 1.54) is 18.7 Å². The lowest BCUT2D eigenvalue weighted by Crippen LogP contribution is -2.37. The van der Waals surface area contributed by atoms with Crippen LogP contribution in [-0.2, 0) is 20.6 Å². The number of nitrogens with one attached hydrogen (secondary N) is 1. The van der Waals surface area contributed by atoms with E-state index in [0.717, 1.165) is 4.57 Å². The van der Waals surface area contributed by atoms with Gasteiger partial charge in [0.05, 0.1) is 31.3 Å². The molecule has 0 unspecified atom stereocenters. The maximum absolute atomic E-state index is 12.5. The Kier molecular flexibility index (Phi) is 5.13. The van der Waals surface area contributed by atoms with Gasteiger partial charge in [-0.3, -0.25) is 13.9 Å². The van der Waals surface area contributed by atoms with E-state index in [0.29, 0.717) is 46.5 Å². The van der Waals surface area contributed by atoms with Crippen LogP contribution in [0.3, 0.4) is 0 Å². The molecule has 0 aliphatic carbocycles. The van der Waals surface area contributed by atoms with Gasteiger partial charge in [-0.2, -0.15) is 0 Å². The molecule has 0 amide bonds. The third kappa shape index (κ3) is 3.25. The lowest BCUT2D eigenvalue weighted by Gasteiger charge is -2.14. The first kappa shape index (κ1) is 18.8. The molecule has 1 aromatic carbocycles. The van der Waals surface area contributed by atoms with E-state index in [1.807, 2.05) is 0 Å². The van der Waals surface area contributed by atoms with Crippen molar-refractivity contribution in [1.82, 2.24) is 18.7 Å². The average molecular weight is 394 g/mol. The molecule has 9 nitrogen and oxygen atoms in total. The van der Waals surface area contributed by atoms with Crippen LogP contribution in [-0.4, -0.2) is 39.4 Å². The number of methoxy groups -OCH3 is 2. The Morgan fingerprint density at radius 1 is 1.11 bits per heavy atom. The molecular formula is C17H20ClN5O4. The number of nitrogens with zero attached hydrogens (tertiary/aromatic N) is 4. The van der Waals surface area contributed by atoms with E-state index in [-0.39, 0.29) is 5.56 Å². The Bertz CT molecular complexity index is 1120. The minimum absolute atomic E-state index is 0.355. The van der Waals surface area contributed by atoms with E-state index in [1.54, 1.807) is 37.2 Å². The maximum Gasteiger partial charge on any atom is 0.332 e. The second-order valence-corrected chi connectivity index (χ2v) is 6.34. The molecule has 0 aliphatic heterocycles. The van der Waals surface area contributed by atoms with Crippen molar-refractivity contribution in [1.29, 1.82) is 0 Å². The Morgan fingerprint density at radius 3 is 2.48 bits per heavy atom. The first-order valence-corrected chi connectivity index (χ1v) is 8.53. The molecule has 0 aliphatic rings. The van der Waals surface area contributed by atoms with Gasteiger partial charge in [0.15, 0.2) is 11.2 Å². The number of hydrogen-bond acceptors (Lipinski definition) is 6. The minimum atomic E-state index is -0.408. The zero-order chi connectivity index (χ0) is 19.7. The third-order valence-corrected chi connectivity index (χ3v) is 4.65. The number of ether oxygens (including phenoxy) is 2. The Labute approximate surface area is 159 Å². The molecule has 0 saturated carbocycles. The molecule has 0 radical (unpaired) electrons. The number of benzene rings is 1. The highest BCUT2D eigenvalue weighted by Crippen LogP contribution is 2.35. The zero-order valence-corrected chi connectivity index (χ0v) is 16.2. The van der Waals surface area contributed by atoms with Crippen molar-refractivity contribution in [2.24, 2.45) is 14.1 Å². The van der Waals surface area contributed by atoms with Gasteiger partial charge >= 0.3 is 5.69 Å². The fourth-order valence-corrected chi connectivity index (χ4v) is 3.11. The normalized spacial score (nSPS) is 11.0. The SMILES string of the molecule is COc1cc(NCCn2cnc3c2c(=O)n(C)c(=O)n3C)c(OC)cc1Cl. The van der Waals surface area contributed by atoms with Crippen LogP contribution in [0.4, 0.5) is 5.69 Å². The number of halogens is 1. The molecule has 0 saturated heterocycles. The monoisotopic (exact) mass is 393 g/mol. The molecule has 27 heavy (non-hydrogen) atoms. The maximum atomic E-state index is 12.5. The number of rotatable bonds is 6. The highest BCUT2D eigenvalue weighted by Gasteiger charge is 2.14. The van der Waals surface area contributed by atoms with E-state index in [2.05, 4.69) is 10.3 Å². The molecule has 144 valence electrons. The molecule has 0 fully saturated rings. The molecule has 1 N–H and O–H groups in total. The van der Waals surface area contributed by atoms with Crippen molar-refractivity contribution in [3.8, 4) is 11.5 Å². The second-order valence-electron chi connectivity index (χ2n) is 5.93. The van der Waals surface area contributed by atoms with Crippen molar-refractivity contribution in [2.45, 2.75) is 6.54 Å². The van der Waals surface area contributed by atoms with Gasteiger partial charge in [-0.05, 0) is 0 Å². The van der Waals surface area contributed by atoms with Gasteiger partial charge in [0.2, 0.25) is 0 Å². The smallest absolute Gasteiger partial charge is 0.332 e. The fourth-order valence-electron chi connectivity index (χ4n) is 2.88. The summed E-state index contributed by atoms with van der Waals surface area (Å²) in [7, 11) is 6.13. The zero-order valence-electron chi connectivity index (χ0n) is 15.4. The molecule has 3 rings (SSSR count). The van der Waals surface area contributed by atoms with Crippen molar-refractivity contribution in [3.63, 3.8) is 0 Å². The Morgan fingerprint density at radius 2 is 1.81 bits per heavy atom. The van der Waals surface area contributed by atoms with Crippen LogP contribution in [0.5, 0.6) is 11.5 Å². The standard InChI is InChI=1S/C17H20ClN5O4/c1-21-15-14(16(24)22(2)17(21)25)23(9-20-15)6-5-19-11-8-12(26-3)10(18)7-13(11)27-4/h7-9,19H,5-6H2,1-4H3. The summed E-state index contributed by atoms with van der Waals surface area (Å²) in [4.78, 5) is 28.7. The lowest BCUT2D eigenvalue weighted by atomic mass is 10.2. The van der Waals surface area contributed by atoms with Gasteiger partial charge in [0.1, 0.15) is 11.5 Å². The predicted octanol–water partition coefficient (Wildman–Crippen LogP) is 1.22. The van der Waals surface area contributed by atoms with Crippen LogP contribution in [0.1, 0.15) is 0 Å². The summed E-state index contributed by atoms with van der Waals surface area (Å²) in [6.07, 6.45) is 1.55. The predicted molar refractivity (Wildman–Crippen MR) is 103 cm³/mol. The molecule has 0 bridgehead atoms. The molecule has 3 aromatic rings. The van der Waals surface area contributed by atoms with Gasteiger partial charge in [-0.1, -0.05) is 11.6 Å². The van der Waals surface area contributed by atoms with E-state index in [9.17, 15) is 9.59 Å². The summed E-state index contributed by atoms with van der Waals surface area (Å²) < 4.78 is 14.7. The largest absolute Gasteiger partial charge is 0.495 e. The van der Waals surface area contributed by atoms with Crippen LogP contribution in [0.25, 0.3) is 11.2 Å². The number of imidazole rings is 1. The fraction of sp³-hybridized carbons (Fsp3) is 0.353. The Hall–Kier alpha value is -2.94. The van der Waals surface area contributed by atoms with Crippen molar-refractivity contribution >= 4 is 28.5 Å². The van der Waals surface area contributed by atoms with Gasteiger partial charge < -0.3 is 19.4 Å². The first-order valence-electron chi connectivity index (χ1n) is 8.15. The summed E-state index contributed by atoms with van der Waals surface area (Å²) in [5.41, 5.74) is 0.657. The van der Waals surface area contributed by atoms with Crippen molar-refractivity contribution in [3.05, 3.63) is 44.3 Å². The van der Waals surface area contributed by atoms with Crippen LogP contribution < -0.4 is 26.0 Å². The number of aromatic nitrogens is 4. The summed E-state index contributed by atoms with van der Waals surface area (Å²) in [6, 6.07) is 3.41. The summed E-state index contributed by atoms with van der Waals surface area (Å²) in [5.74, 6) is 1.10. The first-order chi connectivity index (χ1) is 12.9. The van der Waals surface area contributed by atoms with Crippen molar-refractivity contribution in [2.75, 3.05) is 26.1 Å². The van der Waals surface area contributed by atoms with Gasteiger partial charge in [0.25, 0.3) is 5.56 Å². The molecule has 0 spiro atoms. The molecule has 2 aromatic heterocycles. The third-order valence-electron chi connectivity index (χ3n) is 4.36. The number of fused-ring (bicyclic) bond motifs is 1. The lowest BCUT2D eigenvalue weighted by molar-refractivity contribution is 0.404. The van der Waals surface area contributed by atoms with Crippen LogP contribution in [0, 0.1) is 0 Å². The molecule has 10 heteroatoms. The molecule has 0 atom stereocenters. The highest BCUT2D eigenvalue weighted by atomic mass is 35.5. The van der Waals surface area contributed by atoms with Crippen LogP contribution >= 0.6 is 11.6 Å². The highest BCUT2D eigenvalue weighted by molar-refractivity contribution is 6.32.